The van der Waals surface area contributed by atoms with Crippen LogP contribution in [0.15, 0.2) is 41.3 Å². The first-order valence-electron chi connectivity index (χ1n) is 5.50. The highest BCUT2D eigenvalue weighted by atomic mass is 32.2. The molecule has 0 unspecified atom stereocenters. The molecule has 0 amide bonds. The third kappa shape index (κ3) is 4.30. The maximum Gasteiger partial charge on any atom is 0.240 e. The summed E-state index contributed by atoms with van der Waals surface area (Å²) in [7, 11) is -3.39. The Hall–Kier alpha value is -1.17. The van der Waals surface area contributed by atoms with Gasteiger partial charge in [-0.1, -0.05) is 24.3 Å². The minimum Gasteiger partial charge on any atom is -0.326 e. The van der Waals surface area contributed by atoms with Crippen LogP contribution in [0.25, 0.3) is 0 Å². The molecule has 0 aromatic heterocycles. The monoisotopic (exact) mass is 254 g/mol. The second-order valence-electron chi connectivity index (χ2n) is 3.60. The van der Waals surface area contributed by atoms with Crippen LogP contribution in [0.5, 0.6) is 0 Å². The number of rotatable bonds is 6. The molecule has 1 aromatic carbocycles. The van der Waals surface area contributed by atoms with Crippen LogP contribution in [0.1, 0.15) is 18.9 Å². The first kappa shape index (κ1) is 13.9. The standard InChI is InChI=1S/C12H18N2O2S/c1-2-3-4-9-14-17(15,16)12-7-5-11(10-13)6-8-12/h2-3,5-8,14H,4,9-10,13H2,1H3/b3-2+. The zero-order valence-electron chi connectivity index (χ0n) is 9.89. The molecular formula is C12H18N2O2S. The van der Waals surface area contributed by atoms with Crippen molar-refractivity contribution in [2.75, 3.05) is 6.54 Å². The molecule has 4 nitrogen and oxygen atoms in total. The molecule has 3 N–H and O–H groups in total. The van der Waals surface area contributed by atoms with Crippen LogP contribution in [0.4, 0.5) is 0 Å². The van der Waals surface area contributed by atoms with Crippen molar-refractivity contribution in [3.8, 4) is 0 Å². The highest BCUT2D eigenvalue weighted by Gasteiger charge is 2.12. The fraction of sp³-hybridized carbons (Fsp3) is 0.333. The van der Waals surface area contributed by atoms with Gasteiger partial charge in [0.1, 0.15) is 0 Å². The zero-order valence-corrected chi connectivity index (χ0v) is 10.7. The van der Waals surface area contributed by atoms with Crippen LogP contribution < -0.4 is 10.5 Å². The number of hydrogen-bond donors (Lipinski definition) is 2. The van der Waals surface area contributed by atoms with Crippen LogP contribution in [0, 0.1) is 0 Å². The van der Waals surface area contributed by atoms with Gasteiger partial charge in [0.05, 0.1) is 4.90 Å². The molecule has 0 bridgehead atoms. The van der Waals surface area contributed by atoms with Gasteiger partial charge in [-0.2, -0.15) is 0 Å². The predicted octanol–water partition coefficient (Wildman–Crippen LogP) is 1.39. The van der Waals surface area contributed by atoms with Gasteiger partial charge >= 0.3 is 0 Å². The van der Waals surface area contributed by atoms with Gasteiger partial charge in [0.15, 0.2) is 0 Å². The summed E-state index contributed by atoms with van der Waals surface area (Å²) in [6.45, 7) is 2.72. The Morgan fingerprint density at radius 2 is 1.94 bits per heavy atom. The van der Waals surface area contributed by atoms with E-state index >= 15 is 0 Å². The fourth-order valence-corrected chi connectivity index (χ4v) is 2.38. The number of allylic oxidation sites excluding steroid dienone is 1. The van der Waals surface area contributed by atoms with Gasteiger partial charge in [-0.3, -0.25) is 0 Å². The Kier molecular flexibility index (Phi) is 5.34. The number of sulfonamides is 1. The maximum absolute atomic E-state index is 11.8. The van der Waals surface area contributed by atoms with Crippen molar-refractivity contribution in [1.29, 1.82) is 0 Å². The van der Waals surface area contributed by atoms with Crippen molar-refractivity contribution < 1.29 is 8.42 Å². The van der Waals surface area contributed by atoms with Crippen LogP contribution >= 0.6 is 0 Å². The number of nitrogens with one attached hydrogen (secondary N) is 1. The highest BCUT2D eigenvalue weighted by Crippen LogP contribution is 2.10. The second kappa shape index (κ2) is 6.54. The Morgan fingerprint density at radius 3 is 2.47 bits per heavy atom. The molecular weight excluding hydrogens is 236 g/mol. The van der Waals surface area contributed by atoms with E-state index in [-0.39, 0.29) is 4.90 Å². The summed E-state index contributed by atoms with van der Waals surface area (Å²) in [5, 5.41) is 0. The molecule has 0 spiro atoms. The van der Waals surface area contributed by atoms with Crippen molar-refractivity contribution in [2.24, 2.45) is 5.73 Å². The van der Waals surface area contributed by atoms with E-state index in [4.69, 9.17) is 5.73 Å². The molecule has 17 heavy (non-hydrogen) atoms. The summed E-state index contributed by atoms with van der Waals surface area (Å²) in [5.74, 6) is 0. The summed E-state index contributed by atoms with van der Waals surface area (Å²) in [4.78, 5) is 0.273. The Labute approximate surface area is 103 Å². The lowest BCUT2D eigenvalue weighted by Crippen LogP contribution is -2.24. The quantitative estimate of drug-likeness (QED) is 0.595. The lowest BCUT2D eigenvalue weighted by Gasteiger charge is -2.06. The van der Waals surface area contributed by atoms with Crippen LogP contribution in [-0.2, 0) is 16.6 Å². The van der Waals surface area contributed by atoms with Crippen LogP contribution in [-0.4, -0.2) is 15.0 Å². The molecule has 0 aliphatic heterocycles. The summed E-state index contributed by atoms with van der Waals surface area (Å²) in [5.41, 5.74) is 6.36. The van der Waals surface area contributed by atoms with E-state index in [9.17, 15) is 8.42 Å². The van der Waals surface area contributed by atoms with Gasteiger partial charge in [-0.25, -0.2) is 13.1 Å². The predicted molar refractivity (Wildman–Crippen MR) is 69.0 cm³/mol. The van der Waals surface area contributed by atoms with E-state index < -0.39 is 10.0 Å². The summed E-state index contributed by atoms with van der Waals surface area (Å²) in [6, 6.07) is 6.58. The average Bonchev–Trinajstić information content (AvgIpc) is 2.35. The molecule has 1 aromatic rings. The summed E-state index contributed by atoms with van der Waals surface area (Å²) < 4.78 is 26.2. The zero-order chi connectivity index (χ0) is 12.7. The van der Waals surface area contributed by atoms with Gasteiger partial charge in [0.2, 0.25) is 10.0 Å². The van der Waals surface area contributed by atoms with Crippen LogP contribution in [0.3, 0.4) is 0 Å². The van der Waals surface area contributed by atoms with Gasteiger partial charge in [-0.05, 0) is 31.0 Å². The smallest absolute Gasteiger partial charge is 0.240 e. The highest BCUT2D eigenvalue weighted by molar-refractivity contribution is 7.89. The number of nitrogens with two attached hydrogens (primary N) is 1. The molecule has 0 saturated carbocycles. The molecule has 94 valence electrons. The van der Waals surface area contributed by atoms with Crippen molar-refractivity contribution in [3.63, 3.8) is 0 Å². The van der Waals surface area contributed by atoms with E-state index in [0.717, 1.165) is 5.56 Å². The fourth-order valence-electron chi connectivity index (χ4n) is 1.33. The summed E-state index contributed by atoms with van der Waals surface area (Å²) in [6.07, 6.45) is 4.50. The van der Waals surface area contributed by atoms with Gasteiger partial charge in [0, 0.05) is 13.1 Å². The second-order valence-corrected chi connectivity index (χ2v) is 5.37. The van der Waals surface area contributed by atoms with Gasteiger partial charge in [-0.15, -0.1) is 0 Å². The van der Waals surface area contributed by atoms with Crippen molar-refractivity contribution in [2.45, 2.75) is 24.8 Å². The first-order valence-corrected chi connectivity index (χ1v) is 6.98. The third-order valence-corrected chi connectivity index (χ3v) is 3.79. The minimum absolute atomic E-state index is 0.273. The number of benzene rings is 1. The largest absolute Gasteiger partial charge is 0.326 e. The molecule has 0 aliphatic carbocycles. The Morgan fingerprint density at radius 1 is 1.29 bits per heavy atom. The van der Waals surface area contributed by atoms with E-state index in [0.29, 0.717) is 19.5 Å². The minimum atomic E-state index is -3.39. The average molecular weight is 254 g/mol. The molecule has 5 heteroatoms. The lowest BCUT2D eigenvalue weighted by molar-refractivity contribution is 0.582. The lowest BCUT2D eigenvalue weighted by atomic mass is 10.2. The van der Waals surface area contributed by atoms with E-state index in [1.165, 1.54) is 0 Å². The van der Waals surface area contributed by atoms with E-state index in [2.05, 4.69) is 4.72 Å². The summed E-state index contributed by atoms with van der Waals surface area (Å²) >= 11 is 0. The molecule has 1 rings (SSSR count). The Bertz CT molecular complexity index is 464. The number of hydrogen-bond acceptors (Lipinski definition) is 3. The third-order valence-electron chi connectivity index (χ3n) is 2.31. The first-order chi connectivity index (χ1) is 8.10. The SMILES string of the molecule is C/C=C/CCNS(=O)(=O)c1ccc(CN)cc1. The molecule has 0 aliphatic rings. The van der Waals surface area contributed by atoms with Crippen molar-refractivity contribution >= 4 is 10.0 Å². The maximum atomic E-state index is 11.8. The van der Waals surface area contributed by atoms with Crippen molar-refractivity contribution in [1.82, 2.24) is 4.72 Å². The van der Waals surface area contributed by atoms with Crippen molar-refractivity contribution in [3.05, 3.63) is 42.0 Å². The topological polar surface area (TPSA) is 72.2 Å². The molecule has 0 radical (unpaired) electrons. The van der Waals surface area contributed by atoms with E-state index in [1.807, 2.05) is 19.1 Å². The normalized spacial score (nSPS) is 12.1. The molecule has 0 saturated heterocycles. The molecule has 0 atom stereocenters. The van der Waals surface area contributed by atoms with E-state index in [1.54, 1.807) is 24.3 Å². The Balaban J connectivity index is 2.68. The molecule has 0 fully saturated rings. The van der Waals surface area contributed by atoms with Gasteiger partial charge in [0.25, 0.3) is 0 Å². The van der Waals surface area contributed by atoms with Crippen LogP contribution in [0.2, 0.25) is 0 Å². The van der Waals surface area contributed by atoms with Gasteiger partial charge < -0.3 is 5.73 Å². The molecule has 0 heterocycles.